The van der Waals surface area contributed by atoms with E-state index in [1.165, 1.54) is 0 Å². The molecule has 2 saturated heterocycles. The van der Waals surface area contributed by atoms with Crippen LogP contribution in [0, 0.1) is 5.92 Å². The Morgan fingerprint density at radius 1 is 1.27 bits per heavy atom. The number of nitrogens with zero attached hydrogens (tertiary/aromatic N) is 5. The maximum atomic E-state index is 11.7. The minimum Gasteiger partial charge on any atom is -0.480 e. The first-order valence-corrected chi connectivity index (χ1v) is 11.9. The lowest BCUT2D eigenvalue weighted by molar-refractivity contribution is -0.118. The summed E-state index contributed by atoms with van der Waals surface area (Å²) in [6, 6.07) is 1.99. The minimum absolute atomic E-state index is 0.0169. The summed E-state index contributed by atoms with van der Waals surface area (Å²) in [6.07, 6.45) is 8.32. The summed E-state index contributed by atoms with van der Waals surface area (Å²) < 4.78 is 10.9. The summed E-state index contributed by atoms with van der Waals surface area (Å²) >= 11 is 6.32. The molecule has 2 aromatic heterocycles. The molecule has 0 radical (unpaired) electrons. The highest BCUT2D eigenvalue weighted by Gasteiger charge is 2.37. The number of fused-ring (bicyclic) bond motifs is 1. The normalized spacial score (nSPS) is 25.5. The maximum Gasteiger partial charge on any atom is 0.232 e. The van der Waals surface area contributed by atoms with Crippen molar-refractivity contribution < 1.29 is 14.3 Å². The third-order valence-electron chi connectivity index (χ3n) is 6.93. The molecule has 0 aromatic carbocycles. The fourth-order valence-corrected chi connectivity index (χ4v) is 5.40. The summed E-state index contributed by atoms with van der Waals surface area (Å²) in [6.45, 7) is 3.70. The van der Waals surface area contributed by atoms with Gasteiger partial charge in [0.1, 0.15) is 23.5 Å². The average molecular weight is 473 g/mol. The van der Waals surface area contributed by atoms with Crippen molar-refractivity contribution in [1.82, 2.24) is 19.9 Å². The van der Waals surface area contributed by atoms with Gasteiger partial charge in [0.15, 0.2) is 0 Å². The fraction of sp³-hybridized carbons (Fsp3) is 0.565. The van der Waals surface area contributed by atoms with Crippen molar-refractivity contribution >= 4 is 29.4 Å². The number of carbonyl (C=O) groups excluding carboxylic acids is 1. The Balaban J connectivity index is 1.36. The van der Waals surface area contributed by atoms with E-state index in [0.717, 1.165) is 67.8 Å². The van der Waals surface area contributed by atoms with Crippen LogP contribution in [0.4, 0.5) is 11.5 Å². The van der Waals surface area contributed by atoms with Crippen molar-refractivity contribution in [1.29, 1.82) is 0 Å². The lowest BCUT2D eigenvalue weighted by Crippen LogP contribution is -2.51. The lowest BCUT2D eigenvalue weighted by atomic mass is 9.95. The number of rotatable bonds is 6. The number of methoxy groups -OCH3 is 1. The molecule has 3 aliphatic rings. The summed E-state index contributed by atoms with van der Waals surface area (Å²) in [5.74, 6) is 1.29. The molecule has 0 saturated carbocycles. The summed E-state index contributed by atoms with van der Waals surface area (Å²) in [5, 5.41) is 4.17. The first-order valence-electron chi connectivity index (χ1n) is 11.5. The van der Waals surface area contributed by atoms with E-state index in [0.29, 0.717) is 30.7 Å². The molecule has 176 valence electrons. The molecule has 3 unspecified atom stereocenters. The predicted molar refractivity (Wildman–Crippen MR) is 125 cm³/mol. The largest absolute Gasteiger partial charge is 0.480 e. The number of ether oxygens (including phenoxy) is 2. The fourth-order valence-electron chi connectivity index (χ4n) is 5.16. The molecule has 1 N–H and O–H groups in total. The van der Waals surface area contributed by atoms with Gasteiger partial charge in [-0.1, -0.05) is 11.6 Å². The monoisotopic (exact) mass is 472 g/mol. The molecule has 10 heteroatoms. The Kier molecular flexibility index (Phi) is 6.62. The summed E-state index contributed by atoms with van der Waals surface area (Å²) in [4.78, 5) is 29.8. The predicted octanol–water partition coefficient (Wildman–Crippen LogP) is 2.53. The van der Waals surface area contributed by atoms with Gasteiger partial charge in [-0.15, -0.1) is 0 Å². The molecular formula is C23H29ClN6O3. The van der Waals surface area contributed by atoms with E-state index in [4.69, 9.17) is 21.1 Å². The number of hydrogen-bond donors (Lipinski definition) is 1. The van der Waals surface area contributed by atoms with Gasteiger partial charge < -0.3 is 24.5 Å². The van der Waals surface area contributed by atoms with Crippen LogP contribution in [-0.4, -0.2) is 71.8 Å². The van der Waals surface area contributed by atoms with Gasteiger partial charge in [-0.05, 0) is 25.3 Å². The van der Waals surface area contributed by atoms with Crippen LogP contribution < -0.4 is 15.0 Å². The van der Waals surface area contributed by atoms with E-state index in [-0.39, 0.29) is 18.1 Å². The SMILES string of the molecule is COc1ncc(N2CCc3ncnc(NC4CCCN4C4COCCC4C=O)c3C2)cc1Cl. The topological polar surface area (TPSA) is 92.7 Å². The van der Waals surface area contributed by atoms with Gasteiger partial charge in [-0.25, -0.2) is 15.0 Å². The smallest absolute Gasteiger partial charge is 0.232 e. The Bertz CT molecular complexity index is 1010. The highest BCUT2D eigenvalue weighted by Crippen LogP contribution is 2.33. The van der Waals surface area contributed by atoms with Crippen molar-refractivity contribution in [3.63, 3.8) is 0 Å². The first-order chi connectivity index (χ1) is 16.2. The number of pyridine rings is 1. The quantitative estimate of drug-likeness (QED) is 0.636. The molecular weight excluding hydrogens is 444 g/mol. The van der Waals surface area contributed by atoms with Gasteiger partial charge >= 0.3 is 0 Å². The van der Waals surface area contributed by atoms with Crippen LogP contribution in [0.2, 0.25) is 5.02 Å². The molecule has 2 aromatic rings. The van der Waals surface area contributed by atoms with E-state index < -0.39 is 0 Å². The highest BCUT2D eigenvalue weighted by atomic mass is 35.5. The van der Waals surface area contributed by atoms with E-state index in [2.05, 4.69) is 30.1 Å². The van der Waals surface area contributed by atoms with Crippen LogP contribution in [0.3, 0.4) is 0 Å². The van der Waals surface area contributed by atoms with Gasteiger partial charge in [0.25, 0.3) is 0 Å². The van der Waals surface area contributed by atoms with Crippen LogP contribution in [0.1, 0.15) is 30.5 Å². The second-order valence-electron chi connectivity index (χ2n) is 8.77. The van der Waals surface area contributed by atoms with E-state index >= 15 is 0 Å². The maximum absolute atomic E-state index is 11.7. The molecule has 0 spiro atoms. The second-order valence-corrected chi connectivity index (χ2v) is 9.18. The zero-order valence-electron chi connectivity index (χ0n) is 18.7. The molecule has 3 atom stereocenters. The van der Waals surface area contributed by atoms with Crippen LogP contribution in [0.25, 0.3) is 0 Å². The van der Waals surface area contributed by atoms with Crippen molar-refractivity contribution in [3.8, 4) is 5.88 Å². The van der Waals surface area contributed by atoms with Crippen LogP contribution in [-0.2, 0) is 22.5 Å². The van der Waals surface area contributed by atoms with Crippen LogP contribution >= 0.6 is 11.6 Å². The van der Waals surface area contributed by atoms with E-state index in [1.54, 1.807) is 19.6 Å². The number of likely N-dealkylation sites (tertiary alicyclic amines) is 1. The molecule has 3 aliphatic heterocycles. The summed E-state index contributed by atoms with van der Waals surface area (Å²) in [7, 11) is 1.56. The van der Waals surface area contributed by atoms with E-state index in [1.807, 2.05) is 6.07 Å². The molecule has 33 heavy (non-hydrogen) atoms. The molecule has 0 amide bonds. The number of carbonyl (C=O) groups is 1. The molecule has 9 nitrogen and oxygen atoms in total. The third-order valence-corrected chi connectivity index (χ3v) is 7.20. The Hall–Kier alpha value is -2.49. The molecule has 0 bridgehead atoms. The molecule has 5 rings (SSSR count). The standard InChI is InChI=1S/C23H29ClN6O3/c1-32-23-18(24)9-16(10-25-23)29-7-4-19-17(11-29)22(27-14-26-19)28-21-3-2-6-30(21)20-13-33-8-5-15(20)12-31/h9-10,12,14-15,20-21H,2-8,11,13H2,1H3,(H,26,27,28). The number of hydrogen-bond acceptors (Lipinski definition) is 9. The van der Waals surface area contributed by atoms with Crippen LogP contribution in [0.5, 0.6) is 5.88 Å². The van der Waals surface area contributed by atoms with Gasteiger partial charge in [0.05, 0.1) is 37.5 Å². The average Bonchev–Trinajstić information content (AvgIpc) is 3.32. The molecule has 2 fully saturated rings. The number of halogens is 1. The lowest BCUT2D eigenvalue weighted by Gasteiger charge is -2.39. The number of anilines is 2. The number of aromatic nitrogens is 3. The third kappa shape index (κ3) is 4.49. The van der Waals surface area contributed by atoms with Gasteiger partial charge in [0, 0.05) is 50.2 Å². The first kappa shape index (κ1) is 22.3. The van der Waals surface area contributed by atoms with Crippen molar-refractivity contribution in [3.05, 3.63) is 34.9 Å². The van der Waals surface area contributed by atoms with Crippen molar-refractivity contribution in [2.45, 2.75) is 44.4 Å². The minimum atomic E-state index is 0.0169. The molecule has 0 aliphatic carbocycles. The highest BCUT2D eigenvalue weighted by molar-refractivity contribution is 6.32. The Morgan fingerprint density at radius 3 is 3.00 bits per heavy atom. The van der Waals surface area contributed by atoms with Gasteiger partial charge in [-0.3, -0.25) is 4.90 Å². The Morgan fingerprint density at radius 2 is 2.18 bits per heavy atom. The van der Waals surface area contributed by atoms with Crippen LogP contribution in [0.15, 0.2) is 18.6 Å². The Labute approximate surface area is 198 Å². The zero-order chi connectivity index (χ0) is 22.8. The zero-order valence-corrected chi connectivity index (χ0v) is 19.5. The number of aldehydes is 1. The van der Waals surface area contributed by atoms with Crippen molar-refractivity contribution in [2.24, 2.45) is 5.92 Å². The second kappa shape index (κ2) is 9.79. The van der Waals surface area contributed by atoms with Crippen molar-refractivity contribution in [2.75, 3.05) is 43.6 Å². The molecule has 5 heterocycles. The van der Waals surface area contributed by atoms with Gasteiger partial charge in [0.2, 0.25) is 5.88 Å². The van der Waals surface area contributed by atoms with E-state index in [9.17, 15) is 4.79 Å². The summed E-state index contributed by atoms with van der Waals surface area (Å²) in [5.41, 5.74) is 3.10. The number of nitrogens with one attached hydrogen (secondary N) is 1. The van der Waals surface area contributed by atoms with Gasteiger partial charge in [-0.2, -0.15) is 0 Å².